The second-order valence-corrected chi connectivity index (χ2v) is 6.56. The Morgan fingerprint density at radius 2 is 1.93 bits per heavy atom. The zero-order valence-corrected chi connectivity index (χ0v) is 15.7. The Hall–Kier alpha value is -3.06. The van der Waals surface area contributed by atoms with E-state index < -0.39 is 18.5 Å². The van der Waals surface area contributed by atoms with Gasteiger partial charge in [-0.1, -0.05) is 41.6 Å². The summed E-state index contributed by atoms with van der Waals surface area (Å²) >= 11 is 1.57. The van der Waals surface area contributed by atoms with Crippen LogP contribution in [0, 0.1) is 6.92 Å². The van der Waals surface area contributed by atoms with Crippen LogP contribution in [0.25, 0.3) is 11.3 Å². The average Bonchev–Trinajstić information content (AvgIpc) is 3.08. The highest BCUT2D eigenvalue weighted by Crippen LogP contribution is 2.25. The number of hydrogen-bond donors (Lipinski definition) is 1. The summed E-state index contributed by atoms with van der Waals surface area (Å²) in [5.74, 6) is -0.732. The second-order valence-electron chi connectivity index (χ2n) is 5.68. The Morgan fingerprint density at radius 1 is 1.15 bits per heavy atom. The Bertz CT molecular complexity index is 954. The van der Waals surface area contributed by atoms with Crippen molar-refractivity contribution in [3.05, 3.63) is 65.9 Å². The monoisotopic (exact) mass is 382 g/mol. The molecule has 0 saturated carbocycles. The Labute approximate surface area is 160 Å². The van der Waals surface area contributed by atoms with Gasteiger partial charge in [0.05, 0.1) is 0 Å². The first kappa shape index (κ1) is 18.7. The van der Waals surface area contributed by atoms with Crippen molar-refractivity contribution >= 4 is 29.3 Å². The van der Waals surface area contributed by atoms with Crippen LogP contribution in [0.5, 0.6) is 0 Å². The van der Waals surface area contributed by atoms with E-state index in [-0.39, 0.29) is 5.56 Å². The van der Waals surface area contributed by atoms with Gasteiger partial charge in [-0.05, 0) is 31.4 Å². The number of benzene rings is 2. The molecule has 138 valence electrons. The smallest absolute Gasteiger partial charge is 0.344 e. The summed E-state index contributed by atoms with van der Waals surface area (Å²) in [6.07, 6.45) is 1.95. The maximum atomic E-state index is 12.5. The first-order valence-electron chi connectivity index (χ1n) is 8.21. The minimum atomic E-state index is -0.652. The van der Waals surface area contributed by atoms with Gasteiger partial charge in [-0.2, -0.15) is 0 Å². The zero-order valence-electron chi connectivity index (χ0n) is 14.9. The van der Waals surface area contributed by atoms with Crippen LogP contribution in [0.1, 0.15) is 16.1 Å². The van der Waals surface area contributed by atoms with Crippen LogP contribution >= 0.6 is 11.8 Å². The van der Waals surface area contributed by atoms with E-state index in [1.165, 1.54) is 0 Å². The molecule has 27 heavy (non-hydrogen) atoms. The van der Waals surface area contributed by atoms with E-state index in [1.807, 2.05) is 54.8 Å². The number of amides is 1. The van der Waals surface area contributed by atoms with Gasteiger partial charge in [0, 0.05) is 16.1 Å². The van der Waals surface area contributed by atoms with Crippen LogP contribution in [0.3, 0.4) is 0 Å². The summed E-state index contributed by atoms with van der Waals surface area (Å²) < 4.78 is 10.3. The molecule has 0 spiro atoms. The van der Waals surface area contributed by atoms with Gasteiger partial charge in [0.25, 0.3) is 5.91 Å². The van der Waals surface area contributed by atoms with Crippen molar-refractivity contribution in [2.75, 3.05) is 18.2 Å². The van der Waals surface area contributed by atoms with Gasteiger partial charge in [0.2, 0.25) is 0 Å². The van der Waals surface area contributed by atoms with Gasteiger partial charge < -0.3 is 14.6 Å². The number of nitrogens with zero attached hydrogens (tertiary/aromatic N) is 1. The van der Waals surface area contributed by atoms with Crippen LogP contribution in [-0.2, 0) is 9.53 Å². The van der Waals surface area contributed by atoms with Gasteiger partial charge in [-0.25, -0.2) is 4.79 Å². The molecule has 0 aliphatic rings. The molecule has 0 unspecified atom stereocenters. The van der Waals surface area contributed by atoms with Crippen LogP contribution in [0.15, 0.2) is 64.0 Å². The minimum Gasteiger partial charge on any atom is -0.452 e. The van der Waals surface area contributed by atoms with Crippen LogP contribution < -0.4 is 5.32 Å². The molecule has 3 aromatic rings. The summed E-state index contributed by atoms with van der Waals surface area (Å²) in [6, 6.07) is 16.6. The van der Waals surface area contributed by atoms with Crippen molar-refractivity contribution in [1.29, 1.82) is 0 Å². The molecule has 3 rings (SSSR count). The zero-order chi connectivity index (χ0) is 19.2. The summed E-state index contributed by atoms with van der Waals surface area (Å²) in [6.45, 7) is 1.23. The molecule has 0 aliphatic carbocycles. The maximum absolute atomic E-state index is 12.5. The molecule has 1 N–H and O–H groups in total. The largest absolute Gasteiger partial charge is 0.452 e. The first-order chi connectivity index (χ1) is 13.1. The third kappa shape index (κ3) is 4.57. The maximum Gasteiger partial charge on any atom is 0.344 e. The quantitative estimate of drug-likeness (QED) is 0.509. The number of anilines is 1. The normalized spacial score (nSPS) is 10.4. The topological polar surface area (TPSA) is 81.4 Å². The van der Waals surface area contributed by atoms with Crippen molar-refractivity contribution in [2.24, 2.45) is 0 Å². The number of hydrogen-bond acceptors (Lipinski definition) is 6. The lowest BCUT2D eigenvalue weighted by atomic mass is 10.1. The molecule has 1 amide bonds. The summed E-state index contributed by atoms with van der Waals surface area (Å²) in [5, 5.41) is 6.65. The SMILES string of the molecule is CSc1cccc(NC(=O)COC(=O)c2c(-c3ccccc3)noc2C)c1. The van der Waals surface area contributed by atoms with Crippen molar-refractivity contribution in [3.8, 4) is 11.3 Å². The summed E-state index contributed by atoms with van der Waals surface area (Å²) in [4.78, 5) is 25.6. The van der Waals surface area contributed by atoms with E-state index in [0.29, 0.717) is 17.1 Å². The van der Waals surface area contributed by atoms with Crippen molar-refractivity contribution in [3.63, 3.8) is 0 Å². The number of thioether (sulfide) groups is 1. The molecule has 2 aromatic carbocycles. The van der Waals surface area contributed by atoms with Crippen LogP contribution in [0.4, 0.5) is 5.69 Å². The predicted octanol–water partition coefficient (Wildman–Crippen LogP) is 4.17. The molecular formula is C20H18N2O4S. The Balaban J connectivity index is 1.66. The molecule has 0 bridgehead atoms. The van der Waals surface area contributed by atoms with E-state index in [1.54, 1.807) is 24.8 Å². The summed E-state index contributed by atoms with van der Waals surface area (Å²) in [5.41, 5.74) is 2.00. The Morgan fingerprint density at radius 3 is 2.67 bits per heavy atom. The van der Waals surface area contributed by atoms with Gasteiger partial charge in [0.15, 0.2) is 6.61 Å². The Kier molecular flexibility index (Phi) is 5.93. The number of esters is 1. The number of ether oxygens (including phenoxy) is 1. The molecular weight excluding hydrogens is 364 g/mol. The van der Waals surface area contributed by atoms with Crippen LogP contribution in [0.2, 0.25) is 0 Å². The highest BCUT2D eigenvalue weighted by Gasteiger charge is 2.23. The molecule has 7 heteroatoms. The minimum absolute atomic E-state index is 0.221. The summed E-state index contributed by atoms with van der Waals surface area (Å²) in [7, 11) is 0. The lowest BCUT2D eigenvalue weighted by molar-refractivity contribution is -0.119. The highest BCUT2D eigenvalue weighted by atomic mass is 32.2. The predicted molar refractivity (Wildman–Crippen MR) is 104 cm³/mol. The van der Waals surface area contributed by atoms with Crippen molar-refractivity contribution in [2.45, 2.75) is 11.8 Å². The second kappa shape index (κ2) is 8.55. The third-order valence-corrected chi connectivity index (χ3v) is 4.53. The van der Waals surface area contributed by atoms with E-state index >= 15 is 0 Å². The lowest BCUT2D eigenvalue weighted by Crippen LogP contribution is -2.21. The fourth-order valence-electron chi connectivity index (χ4n) is 2.51. The fraction of sp³-hybridized carbons (Fsp3) is 0.150. The van der Waals surface area contributed by atoms with E-state index in [4.69, 9.17) is 9.26 Å². The highest BCUT2D eigenvalue weighted by molar-refractivity contribution is 7.98. The number of carbonyl (C=O) groups excluding carboxylic acids is 2. The lowest BCUT2D eigenvalue weighted by Gasteiger charge is -2.08. The molecule has 0 aliphatic heterocycles. The molecule has 1 heterocycles. The number of nitrogens with one attached hydrogen (secondary N) is 1. The molecule has 0 atom stereocenters. The van der Waals surface area contributed by atoms with Gasteiger partial charge in [0.1, 0.15) is 17.0 Å². The number of carbonyl (C=O) groups is 2. The molecule has 0 saturated heterocycles. The standard InChI is InChI=1S/C20H18N2O4S/c1-13-18(19(22-26-13)14-7-4-3-5-8-14)20(24)25-12-17(23)21-15-9-6-10-16(11-15)27-2/h3-11H,12H2,1-2H3,(H,21,23). The van der Waals surface area contributed by atoms with Crippen molar-refractivity contribution in [1.82, 2.24) is 5.16 Å². The van der Waals surface area contributed by atoms with E-state index in [2.05, 4.69) is 10.5 Å². The number of aryl methyl sites for hydroxylation is 1. The van der Waals surface area contributed by atoms with E-state index in [9.17, 15) is 9.59 Å². The van der Waals surface area contributed by atoms with Gasteiger partial charge in [-0.3, -0.25) is 4.79 Å². The fourth-order valence-corrected chi connectivity index (χ4v) is 2.97. The molecule has 0 fully saturated rings. The van der Waals surface area contributed by atoms with Gasteiger partial charge >= 0.3 is 5.97 Å². The van der Waals surface area contributed by atoms with Gasteiger partial charge in [-0.15, -0.1) is 11.8 Å². The van der Waals surface area contributed by atoms with E-state index in [0.717, 1.165) is 10.5 Å². The number of aromatic nitrogens is 1. The first-order valence-corrected chi connectivity index (χ1v) is 9.43. The number of rotatable bonds is 6. The van der Waals surface area contributed by atoms with Crippen LogP contribution in [-0.4, -0.2) is 29.9 Å². The molecule has 6 nitrogen and oxygen atoms in total. The molecule has 0 radical (unpaired) electrons. The average molecular weight is 382 g/mol. The molecule has 1 aromatic heterocycles. The third-order valence-electron chi connectivity index (χ3n) is 3.80. The van der Waals surface area contributed by atoms with Crippen molar-refractivity contribution < 1.29 is 18.8 Å².